The summed E-state index contributed by atoms with van der Waals surface area (Å²) in [4.78, 5) is 14.5. The Balaban J connectivity index is 1.61. The van der Waals surface area contributed by atoms with E-state index in [0.29, 0.717) is 6.42 Å². The number of fused-ring (bicyclic) bond motifs is 1. The fourth-order valence-electron chi connectivity index (χ4n) is 4.12. The summed E-state index contributed by atoms with van der Waals surface area (Å²) in [5, 5.41) is 9.27. The van der Waals surface area contributed by atoms with Gasteiger partial charge in [-0.25, -0.2) is 0 Å². The number of hydrogen-bond acceptors (Lipinski definition) is 4. The van der Waals surface area contributed by atoms with Crippen molar-refractivity contribution in [2.75, 3.05) is 10.6 Å². The minimum absolute atomic E-state index is 0.0969. The minimum atomic E-state index is -0.0969. The molecule has 2 N–H and O–H groups in total. The van der Waals surface area contributed by atoms with Gasteiger partial charge in [-0.2, -0.15) is 0 Å². The second-order valence-electron chi connectivity index (χ2n) is 7.09. The zero-order valence-corrected chi connectivity index (χ0v) is 15.6. The van der Waals surface area contributed by atoms with Gasteiger partial charge in [0.2, 0.25) is 0 Å². The minimum Gasteiger partial charge on any atom is -0.372 e. The van der Waals surface area contributed by atoms with Crippen LogP contribution in [0.25, 0.3) is 0 Å². The highest BCUT2D eigenvalue weighted by Crippen LogP contribution is 2.44. The summed E-state index contributed by atoms with van der Waals surface area (Å²) in [6, 6.07) is 22.6. The van der Waals surface area contributed by atoms with Crippen molar-refractivity contribution in [3.63, 3.8) is 0 Å². The van der Waals surface area contributed by atoms with Crippen molar-refractivity contribution in [3.05, 3.63) is 93.8 Å². The number of ketones is 1. The first kappa shape index (κ1) is 16.3. The molecule has 2 atom stereocenters. The lowest BCUT2D eigenvalue weighted by Crippen LogP contribution is -2.26. The van der Waals surface area contributed by atoms with Gasteiger partial charge in [0.1, 0.15) is 0 Å². The predicted octanol–water partition coefficient (Wildman–Crippen LogP) is 5.73. The van der Waals surface area contributed by atoms with Gasteiger partial charge in [-0.3, -0.25) is 4.79 Å². The highest BCUT2D eigenvalue weighted by atomic mass is 32.1. The fraction of sp³-hybridized carbons (Fsp3) is 0.174. The van der Waals surface area contributed by atoms with Crippen LogP contribution in [0.1, 0.15) is 35.2 Å². The zero-order chi connectivity index (χ0) is 18.2. The van der Waals surface area contributed by atoms with Gasteiger partial charge < -0.3 is 10.6 Å². The monoisotopic (exact) mass is 372 g/mol. The lowest BCUT2D eigenvalue weighted by molar-refractivity contribution is -0.116. The van der Waals surface area contributed by atoms with Crippen molar-refractivity contribution in [2.45, 2.75) is 24.8 Å². The summed E-state index contributed by atoms with van der Waals surface area (Å²) in [5.74, 6) is 0.454. The Hall–Kier alpha value is -2.85. The van der Waals surface area contributed by atoms with Gasteiger partial charge in [0.05, 0.1) is 17.4 Å². The molecule has 1 aliphatic carbocycles. The average Bonchev–Trinajstić information content (AvgIpc) is 3.17. The number of nitrogens with one attached hydrogen (secondary N) is 2. The topological polar surface area (TPSA) is 41.1 Å². The molecule has 27 heavy (non-hydrogen) atoms. The van der Waals surface area contributed by atoms with Crippen molar-refractivity contribution in [1.82, 2.24) is 0 Å². The maximum absolute atomic E-state index is 13.3. The smallest absolute Gasteiger partial charge is 0.163 e. The quantitative estimate of drug-likeness (QED) is 0.604. The number of thiophene rings is 1. The van der Waals surface area contributed by atoms with Gasteiger partial charge in [-0.1, -0.05) is 48.5 Å². The van der Waals surface area contributed by atoms with Crippen LogP contribution in [0, 0.1) is 0 Å². The number of benzene rings is 2. The van der Waals surface area contributed by atoms with Gasteiger partial charge in [0, 0.05) is 22.6 Å². The second-order valence-corrected chi connectivity index (χ2v) is 8.07. The van der Waals surface area contributed by atoms with E-state index < -0.39 is 0 Å². The lowest BCUT2D eigenvalue weighted by Gasteiger charge is -2.29. The van der Waals surface area contributed by atoms with E-state index in [2.05, 4.69) is 58.5 Å². The zero-order valence-electron chi connectivity index (χ0n) is 14.8. The summed E-state index contributed by atoms with van der Waals surface area (Å²) in [6.45, 7) is 0. The van der Waals surface area contributed by atoms with Gasteiger partial charge >= 0.3 is 0 Å². The molecule has 5 rings (SSSR count). The van der Waals surface area contributed by atoms with Crippen LogP contribution >= 0.6 is 11.3 Å². The third kappa shape index (κ3) is 2.96. The Labute approximate surface area is 162 Å². The molecule has 2 aromatic carbocycles. The summed E-state index contributed by atoms with van der Waals surface area (Å²) in [5.41, 5.74) is 5.24. The highest BCUT2D eigenvalue weighted by Gasteiger charge is 2.36. The van der Waals surface area contributed by atoms with E-state index in [1.54, 1.807) is 11.3 Å². The normalized spacial score (nSPS) is 21.6. The molecule has 0 unspecified atom stereocenters. The van der Waals surface area contributed by atoms with Crippen molar-refractivity contribution in [3.8, 4) is 0 Å². The first-order valence-corrected chi connectivity index (χ1v) is 10.1. The molecule has 0 saturated carbocycles. The predicted molar refractivity (Wildman–Crippen MR) is 111 cm³/mol. The number of rotatable bonds is 2. The van der Waals surface area contributed by atoms with Crippen LogP contribution in [0.15, 0.2) is 83.4 Å². The molecule has 0 spiro atoms. The first-order chi connectivity index (χ1) is 13.3. The van der Waals surface area contributed by atoms with Crippen molar-refractivity contribution < 1.29 is 4.79 Å². The highest BCUT2D eigenvalue weighted by molar-refractivity contribution is 7.10. The fourth-order valence-corrected chi connectivity index (χ4v) is 4.91. The number of hydrogen-bond donors (Lipinski definition) is 2. The summed E-state index contributed by atoms with van der Waals surface area (Å²) in [6.07, 6.45) is 1.41. The van der Waals surface area contributed by atoms with E-state index in [1.807, 2.05) is 24.3 Å². The largest absolute Gasteiger partial charge is 0.372 e. The van der Waals surface area contributed by atoms with Crippen LogP contribution in [0.4, 0.5) is 11.4 Å². The maximum atomic E-state index is 13.3. The molecule has 0 fully saturated rings. The molecule has 134 valence electrons. The van der Waals surface area contributed by atoms with Crippen LogP contribution in [-0.4, -0.2) is 5.78 Å². The van der Waals surface area contributed by atoms with E-state index in [-0.39, 0.29) is 17.7 Å². The van der Waals surface area contributed by atoms with Gasteiger partial charge in [-0.15, -0.1) is 11.3 Å². The van der Waals surface area contributed by atoms with Crippen LogP contribution in [0.3, 0.4) is 0 Å². The van der Waals surface area contributed by atoms with E-state index in [0.717, 1.165) is 29.1 Å². The SMILES string of the molecule is O=C1C[C@@H](c2ccccc2)CC2=C1[C@H](c1cccs1)Nc1ccccc1N2. The maximum Gasteiger partial charge on any atom is 0.163 e. The molecule has 2 aliphatic rings. The van der Waals surface area contributed by atoms with E-state index in [4.69, 9.17) is 0 Å². The molecule has 3 nitrogen and oxygen atoms in total. The van der Waals surface area contributed by atoms with E-state index >= 15 is 0 Å². The molecule has 4 heteroatoms. The second kappa shape index (κ2) is 6.71. The molecule has 1 aromatic heterocycles. The van der Waals surface area contributed by atoms with Crippen LogP contribution in [0.5, 0.6) is 0 Å². The molecule has 3 aromatic rings. The molecule has 2 heterocycles. The van der Waals surface area contributed by atoms with Gasteiger partial charge in [0.15, 0.2) is 5.78 Å². The Morgan fingerprint density at radius 3 is 2.41 bits per heavy atom. The summed E-state index contributed by atoms with van der Waals surface area (Å²) >= 11 is 1.69. The van der Waals surface area contributed by atoms with Crippen molar-refractivity contribution >= 4 is 28.5 Å². The van der Waals surface area contributed by atoms with Crippen molar-refractivity contribution in [2.24, 2.45) is 0 Å². The van der Waals surface area contributed by atoms with Crippen LogP contribution in [-0.2, 0) is 4.79 Å². The van der Waals surface area contributed by atoms with Gasteiger partial charge in [-0.05, 0) is 41.5 Å². The lowest BCUT2D eigenvalue weighted by atomic mass is 9.79. The standard InChI is InChI=1S/C23H20N2OS/c26-20-14-16(15-7-2-1-3-8-15)13-19-22(20)23(21-11-6-12-27-21)25-18-10-5-4-9-17(18)24-19/h1-12,16,23-25H,13-14H2/t16-,23-/m0/s1. The first-order valence-electron chi connectivity index (χ1n) is 9.27. The molecule has 0 radical (unpaired) electrons. The van der Waals surface area contributed by atoms with Gasteiger partial charge in [0.25, 0.3) is 0 Å². The third-order valence-electron chi connectivity index (χ3n) is 5.41. The Morgan fingerprint density at radius 2 is 1.63 bits per heavy atom. The molecule has 0 amide bonds. The number of Topliss-reactive ketones (excluding diaryl/α,β-unsaturated/α-hetero) is 1. The Bertz CT molecular complexity index is 1010. The third-order valence-corrected chi connectivity index (χ3v) is 6.34. The van der Waals surface area contributed by atoms with E-state index in [9.17, 15) is 4.79 Å². The molecule has 0 saturated heterocycles. The molecule has 0 bridgehead atoms. The van der Waals surface area contributed by atoms with Crippen molar-refractivity contribution in [1.29, 1.82) is 0 Å². The van der Waals surface area contributed by atoms with E-state index in [1.165, 1.54) is 10.4 Å². The number of carbonyl (C=O) groups excluding carboxylic acids is 1. The summed E-state index contributed by atoms with van der Waals surface area (Å²) in [7, 11) is 0. The molecule has 1 aliphatic heterocycles. The van der Waals surface area contributed by atoms with Crippen LogP contribution < -0.4 is 10.6 Å². The number of allylic oxidation sites excluding steroid dienone is 1. The van der Waals surface area contributed by atoms with Crippen LogP contribution in [0.2, 0.25) is 0 Å². The number of para-hydroxylation sites is 2. The molecular formula is C23H20N2OS. The Morgan fingerprint density at radius 1 is 0.852 bits per heavy atom. The number of anilines is 2. The summed E-state index contributed by atoms with van der Waals surface area (Å²) < 4.78 is 0. The Kier molecular flexibility index (Phi) is 4.06. The number of carbonyl (C=O) groups is 1. The molecular weight excluding hydrogens is 352 g/mol. The average molecular weight is 372 g/mol.